The van der Waals surface area contributed by atoms with Crippen LogP contribution in [0.4, 0.5) is 4.79 Å². The summed E-state index contributed by atoms with van der Waals surface area (Å²) < 4.78 is 5.48. The van der Waals surface area contributed by atoms with E-state index < -0.39 is 17.6 Å². The van der Waals surface area contributed by atoms with Gasteiger partial charge in [0.25, 0.3) is 0 Å². The van der Waals surface area contributed by atoms with E-state index in [4.69, 9.17) is 4.74 Å². The van der Waals surface area contributed by atoms with Crippen LogP contribution in [0.15, 0.2) is 60.7 Å². The van der Waals surface area contributed by atoms with Gasteiger partial charge in [0.05, 0.1) is 0 Å². The van der Waals surface area contributed by atoms with E-state index in [-0.39, 0.29) is 18.9 Å². The lowest BCUT2D eigenvalue weighted by molar-refractivity contribution is -0.145. The molecule has 5 nitrogen and oxygen atoms in total. The molecule has 1 atom stereocenters. The van der Waals surface area contributed by atoms with Crippen molar-refractivity contribution in [2.45, 2.75) is 30.7 Å². The third-order valence-corrected chi connectivity index (χ3v) is 5.47. The van der Waals surface area contributed by atoms with Gasteiger partial charge in [0.15, 0.2) is 0 Å². The number of hydrogen-bond acceptors (Lipinski definition) is 3. The van der Waals surface area contributed by atoms with Crippen LogP contribution in [0, 0.1) is 0 Å². The van der Waals surface area contributed by atoms with Crippen LogP contribution in [-0.2, 0) is 9.53 Å². The van der Waals surface area contributed by atoms with Gasteiger partial charge in [-0.15, -0.1) is 0 Å². The molecular formula is C22H21NO4. The lowest BCUT2D eigenvalue weighted by atomic mass is 9.86. The summed E-state index contributed by atoms with van der Waals surface area (Å²) in [6, 6.07) is 16.2. The number of ether oxygens (including phenoxy) is 1. The van der Waals surface area contributed by atoms with E-state index in [9.17, 15) is 14.7 Å². The smallest absolute Gasteiger partial charge is 0.408 e. The molecule has 1 amide bonds. The van der Waals surface area contributed by atoms with E-state index in [2.05, 4.69) is 17.4 Å². The summed E-state index contributed by atoms with van der Waals surface area (Å²) in [4.78, 5) is 24.1. The van der Waals surface area contributed by atoms with Gasteiger partial charge in [-0.3, -0.25) is 0 Å². The first-order valence-electron chi connectivity index (χ1n) is 9.12. The summed E-state index contributed by atoms with van der Waals surface area (Å²) in [7, 11) is 0. The predicted octanol–water partition coefficient (Wildman–Crippen LogP) is 4.09. The first-order valence-corrected chi connectivity index (χ1v) is 9.12. The molecule has 2 aromatic rings. The Morgan fingerprint density at radius 1 is 1.04 bits per heavy atom. The highest BCUT2D eigenvalue weighted by Gasteiger charge is 2.40. The number of carboxylic acids is 1. The molecule has 0 radical (unpaired) electrons. The molecular weight excluding hydrogens is 342 g/mol. The first kappa shape index (κ1) is 17.3. The second kappa shape index (κ2) is 6.91. The Bertz CT molecular complexity index is 875. The molecule has 0 saturated heterocycles. The summed E-state index contributed by atoms with van der Waals surface area (Å²) in [6.45, 7) is 0.172. The van der Waals surface area contributed by atoms with Crippen molar-refractivity contribution in [2.24, 2.45) is 0 Å². The molecule has 0 aliphatic heterocycles. The van der Waals surface area contributed by atoms with Crippen LogP contribution in [0.1, 0.15) is 36.3 Å². The Hall–Kier alpha value is -3.08. The highest BCUT2D eigenvalue weighted by Crippen LogP contribution is 2.44. The van der Waals surface area contributed by atoms with Crippen molar-refractivity contribution < 1.29 is 19.4 Å². The van der Waals surface area contributed by atoms with Gasteiger partial charge in [0, 0.05) is 5.92 Å². The van der Waals surface area contributed by atoms with E-state index in [1.165, 1.54) is 0 Å². The van der Waals surface area contributed by atoms with Crippen LogP contribution >= 0.6 is 0 Å². The number of rotatable bonds is 4. The van der Waals surface area contributed by atoms with Gasteiger partial charge in [-0.1, -0.05) is 60.7 Å². The SMILES string of the molecule is O=C(NC1(C(=O)O)CC=CCC1)OCC1c2ccccc2-c2ccccc21. The van der Waals surface area contributed by atoms with E-state index in [1.54, 1.807) is 6.08 Å². The lowest BCUT2D eigenvalue weighted by Crippen LogP contribution is -2.55. The number of carbonyl (C=O) groups is 2. The molecule has 0 heterocycles. The summed E-state index contributed by atoms with van der Waals surface area (Å²) in [5, 5.41) is 12.2. The molecule has 27 heavy (non-hydrogen) atoms. The molecule has 138 valence electrons. The lowest BCUT2D eigenvalue weighted by Gasteiger charge is -2.31. The number of nitrogens with one attached hydrogen (secondary N) is 1. The molecule has 2 aliphatic carbocycles. The Morgan fingerprint density at radius 3 is 2.22 bits per heavy atom. The molecule has 2 aliphatic rings. The number of carboxylic acid groups (broad SMARTS) is 1. The van der Waals surface area contributed by atoms with Gasteiger partial charge in [-0.2, -0.15) is 0 Å². The topological polar surface area (TPSA) is 75.6 Å². The Morgan fingerprint density at radius 2 is 1.67 bits per heavy atom. The average molecular weight is 363 g/mol. The third-order valence-electron chi connectivity index (χ3n) is 5.47. The second-order valence-electron chi connectivity index (χ2n) is 7.05. The van der Waals surface area contributed by atoms with Crippen molar-refractivity contribution >= 4 is 12.1 Å². The maximum atomic E-state index is 12.4. The fourth-order valence-corrected chi connectivity index (χ4v) is 4.03. The maximum absolute atomic E-state index is 12.4. The number of fused-ring (bicyclic) bond motifs is 3. The Kier molecular flexibility index (Phi) is 4.44. The quantitative estimate of drug-likeness (QED) is 0.803. The van der Waals surface area contributed by atoms with Gasteiger partial charge in [-0.05, 0) is 41.5 Å². The number of hydrogen-bond donors (Lipinski definition) is 2. The Balaban J connectivity index is 1.50. The summed E-state index contributed by atoms with van der Waals surface area (Å²) in [5.41, 5.74) is 3.28. The first-order chi connectivity index (χ1) is 13.1. The van der Waals surface area contributed by atoms with Gasteiger partial charge in [0.2, 0.25) is 0 Å². The number of amides is 1. The molecule has 1 unspecified atom stereocenters. The average Bonchev–Trinajstić information content (AvgIpc) is 3.01. The summed E-state index contributed by atoms with van der Waals surface area (Å²) >= 11 is 0. The molecule has 0 spiro atoms. The number of benzene rings is 2. The van der Waals surface area contributed by atoms with Gasteiger partial charge in [0.1, 0.15) is 12.1 Å². The minimum atomic E-state index is -1.28. The summed E-state index contributed by atoms with van der Waals surface area (Å²) in [6.07, 6.45) is 4.29. The monoisotopic (exact) mass is 363 g/mol. The third kappa shape index (κ3) is 3.10. The van der Waals surface area contributed by atoms with Crippen molar-refractivity contribution in [3.63, 3.8) is 0 Å². The van der Waals surface area contributed by atoms with Crippen LogP contribution in [-0.4, -0.2) is 29.3 Å². The summed E-state index contributed by atoms with van der Waals surface area (Å²) in [5.74, 6) is -1.07. The normalized spacial score (nSPS) is 20.6. The molecule has 0 fully saturated rings. The van der Waals surface area contributed by atoms with E-state index >= 15 is 0 Å². The van der Waals surface area contributed by atoms with E-state index in [1.807, 2.05) is 42.5 Å². The van der Waals surface area contributed by atoms with Crippen LogP contribution in [0.2, 0.25) is 0 Å². The molecule has 0 saturated carbocycles. The van der Waals surface area contributed by atoms with Crippen molar-refractivity contribution in [3.8, 4) is 11.1 Å². The zero-order chi connectivity index (χ0) is 18.9. The molecule has 0 aromatic heterocycles. The van der Waals surface area contributed by atoms with Crippen molar-refractivity contribution in [1.82, 2.24) is 5.32 Å². The molecule has 0 bridgehead atoms. The minimum absolute atomic E-state index is 0.0461. The van der Waals surface area contributed by atoms with Crippen LogP contribution in [0.5, 0.6) is 0 Å². The van der Waals surface area contributed by atoms with Gasteiger partial charge in [-0.25, -0.2) is 9.59 Å². The molecule has 2 aromatic carbocycles. The van der Waals surface area contributed by atoms with Crippen LogP contribution in [0.25, 0.3) is 11.1 Å². The standard InChI is InChI=1S/C22H21NO4/c24-20(25)22(12-6-1-7-13-22)23-21(26)27-14-19-17-10-4-2-8-15(17)16-9-3-5-11-18(16)19/h1-6,8-11,19H,7,12-14H2,(H,23,26)(H,24,25). The fourth-order valence-electron chi connectivity index (χ4n) is 4.03. The zero-order valence-electron chi connectivity index (χ0n) is 14.9. The number of carbonyl (C=O) groups excluding carboxylic acids is 1. The number of alkyl carbamates (subject to hydrolysis) is 1. The largest absolute Gasteiger partial charge is 0.479 e. The van der Waals surface area contributed by atoms with Crippen LogP contribution < -0.4 is 5.32 Å². The molecule has 5 heteroatoms. The molecule has 2 N–H and O–H groups in total. The van der Waals surface area contributed by atoms with Crippen molar-refractivity contribution in [1.29, 1.82) is 0 Å². The van der Waals surface area contributed by atoms with Gasteiger partial charge < -0.3 is 15.2 Å². The van der Waals surface area contributed by atoms with Crippen molar-refractivity contribution in [3.05, 3.63) is 71.8 Å². The minimum Gasteiger partial charge on any atom is -0.479 e. The number of allylic oxidation sites excluding steroid dienone is 1. The maximum Gasteiger partial charge on any atom is 0.408 e. The highest BCUT2D eigenvalue weighted by atomic mass is 16.5. The van der Waals surface area contributed by atoms with E-state index in [0.717, 1.165) is 22.3 Å². The fraction of sp³-hybridized carbons (Fsp3) is 0.273. The van der Waals surface area contributed by atoms with Crippen molar-refractivity contribution in [2.75, 3.05) is 6.61 Å². The second-order valence-corrected chi connectivity index (χ2v) is 7.05. The highest BCUT2D eigenvalue weighted by molar-refractivity contribution is 5.85. The van der Waals surface area contributed by atoms with E-state index in [0.29, 0.717) is 12.8 Å². The van der Waals surface area contributed by atoms with Crippen LogP contribution in [0.3, 0.4) is 0 Å². The molecule has 4 rings (SSSR count). The van der Waals surface area contributed by atoms with Gasteiger partial charge >= 0.3 is 12.1 Å². The number of aliphatic carboxylic acids is 1. The predicted molar refractivity (Wildman–Crippen MR) is 102 cm³/mol. The Labute approximate surface area is 157 Å². The zero-order valence-corrected chi connectivity index (χ0v) is 14.9.